The molecule has 0 spiro atoms. The maximum Gasteiger partial charge on any atom is 0.336 e. The van der Waals surface area contributed by atoms with Crippen LogP contribution in [0.4, 0.5) is 0 Å². The van der Waals surface area contributed by atoms with Gasteiger partial charge in [-0.1, -0.05) is 23.8 Å². The Morgan fingerprint density at radius 2 is 1.41 bits per heavy atom. The number of carbonyl (C=O) groups is 2. The van der Waals surface area contributed by atoms with Gasteiger partial charge in [-0.2, -0.15) is 0 Å². The summed E-state index contributed by atoms with van der Waals surface area (Å²) in [6.07, 6.45) is 0. The molecule has 0 bridgehead atoms. The van der Waals surface area contributed by atoms with Crippen molar-refractivity contribution in [2.45, 2.75) is 6.92 Å². The van der Waals surface area contributed by atoms with Crippen molar-refractivity contribution in [2.24, 2.45) is 0 Å². The van der Waals surface area contributed by atoms with E-state index in [-0.39, 0.29) is 11.1 Å². The molecule has 4 heteroatoms. The molecule has 0 fully saturated rings. The van der Waals surface area contributed by atoms with E-state index in [4.69, 9.17) is 10.2 Å². The summed E-state index contributed by atoms with van der Waals surface area (Å²) in [4.78, 5) is 22.1. The fourth-order valence-electron chi connectivity index (χ4n) is 1.84. The van der Waals surface area contributed by atoms with E-state index in [1.165, 1.54) is 12.1 Å². The van der Waals surface area contributed by atoms with Crippen molar-refractivity contribution < 1.29 is 19.8 Å². The summed E-state index contributed by atoms with van der Waals surface area (Å²) in [6.45, 7) is 1.83. The molecule has 0 heterocycles. The minimum absolute atomic E-state index is 0.116. The first kappa shape index (κ1) is 11.1. The van der Waals surface area contributed by atoms with Gasteiger partial charge in [0.15, 0.2) is 0 Å². The zero-order valence-corrected chi connectivity index (χ0v) is 9.10. The number of carboxylic acids is 2. The highest BCUT2D eigenvalue weighted by atomic mass is 16.4. The Kier molecular flexibility index (Phi) is 2.55. The lowest BCUT2D eigenvalue weighted by molar-refractivity contribution is 0.0684. The molecule has 2 aromatic rings. The largest absolute Gasteiger partial charge is 0.478 e. The van der Waals surface area contributed by atoms with Crippen molar-refractivity contribution in [3.05, 3.63) is 47.0 Å². The maximum atomic E-state index is 11.1. The first-order chi connectivity index (χ1) is 8.00. The second kappa shape index (κ2) is 3.90. The summed E-state index contributed by atoms with van der Waals surface area (Å²) in [6, 6.07) is 7.74. The Morgan fingerprint density at radius 1 is 0.882 bits per heavy atom. The lowest BCUT2D eigenvalue weighted by Gasteiger charge is -2.06. The molecule has 0 atom stereocenters. The van der Waals surface area contributed by atoms with Crippen LogP contribution < -0.4 is 0 Å². The zero-order chi connectivity index (χ0) is 12.6. The van der Waals surface area contributed by atoms with Crippen LogP contribution in [-0.2, 0) is 0 Å². The molecule has 86 valence electrons. The van der Waals surface area contributed by atoms with E-state index in [1.54, 1.807) is 18.2 Å². The van der Waals surface area contributed by atoms with E-state index in [0.29, 0.717) is 10.8 Å². The third kappa shape index (κ3) is 1.85. The molecule has 0 aromatic heterocycles. The Hall–Kier alpha value is -2.36. The fourth-order valence-corrected chi connectivity index (χ4v) is 1.84. The van der Waals surface area contributed by atoms with Crippen molar-refractivity contribution in [1.82, 2.24) is 0 Å². The summed E-state index contributed by atoms with van der Waals surface area (Å²) in [5.74, 6) is -2.12. The minimum atomic E-state index is -1.06. The van der Waals surface area contributed by atoms with Crippen molar-refractivity contribution >= 4 is 22.7 Å². The Labute approximate surface area is 97.1 Å². The van der Waals surface area contributed by atoms with Gasteiger partial charge in [0.05, 0.1) is 11.1 Å². The van der Waals surface area contributed by atoms with Crippen LogP contribution in [0.15, 0.2) is 30.3 Å². The number of aromatic carboxylic acids is 2. The number of fused-ring (bicyclic) bond motifs is 1. The summed E-state index contributed by atoms with van der Waals surface area (Å²) in [5, 5.41) is 19.0. The van der Waals surface area contributed by atoms with Crippen molar-refractivity contribution in [3.63, 3.8) is 0 Å². The predicted molar refractivity (Wildman–Crippen MR) is 62.6 cm³/mol. The molecular weight excluding hydrogens is 220 g/mol. The van der Waals surface area contributed by atoms with Gasteiger partial charge < -0.3 is 10.2 Å². The van der Waals surface area contributed by atoms with Gasteiger partial charge in [-0.3, -0.25) is 0 Å². The highest BCUT2D eigenvalue weighted by Gasteiger charge is 2.14. The quantitative estimate of drug-likeness (QED) is 0.831. The van der Waals surface area contributed by atoms with Crippen molar-refractivity contribution in [1.29, 1.82) is 0 Å². The number of benzene rings is 2. The summed E-state index contributed by atoms with van der Waals surface area (Å²) in [5.41, 5.74) is 1.13. The van der Waals surface area contributed by atoms with Crippen LogP contribution in [0.2, 0.25) is 0 Å². The van der Waals surface area contributed by atoms with E-state index in [2.05, 4.69) is 0 Å². The molecule has 0 saturated carbocycles. The average molecular weight is 230 g/mol. The molecule has 0 amide bonds. The molecule has 0 aliphatic rings. The Bertz CT molecular complexity index is 629. The molecule has 2 aromatic carbocycles. The van der Waals surface area contributed by atoms with Crippen LogP contribution in [-0.4, -0.2) is 22.2 Å². The predicted octanol–water partition coefficient (Wildman–Crippen LogP) is 2.54. The number of aryl methyl sites for hydroxylation is 1. The van der Waals surface area contributed by atoms with Gasteiger partial charge >= 0.3 is 11.9 Å². The fraction of sp³-hybridized carbons (Fsp3) is 0.0769. The normalized spacial score (nSPS) is 10.4. The van der Waals surface area contributed by atoms with Crippen molar-refractivity contribution in [2.75, 3.05) is 0 Å². The number of rotatable bonds is 2. The van der Waals surface area contributed by atoms with Gasteiger partial charge in [-0.15, -0.1) is 0 Å². The number of hydrogen-bond acceptors (Lipinski definition) is 2. The van der Waals surface area contributed by atoms with E-state index in [0.717, 1.165) is 5.56 Å². The van der Waals surface area contributed by atoms with Crippen LogP contribution in [0.3, 0.4) is 0 Å². The minimum Gasteiger partial charge on any atom is -0.478 e. The molecule has 0 radical (unpaired) electrons. The molecular formula is C13H10O4. The third-order valence-electron chi connectivity index (χ3n) is 2.63. The number of carboxylic acid groups (broad SMARTS) is 2. The van der Waals surface area contributed by atoms with Gasteiger partial charge in [0, 0.05) is 0 Å². The van der Waals surface area contributed by atoms with Gasteiger partial charge in [-0.25, -0.2) is 9.59 Å². The second-order valence-corrected chi connectivity index (χ2v) is 3.82. The first-order valence-electron chi connectivity index (χ1n) is 5.00. The molecule has 0 aliphatic heterocycles. The molecule has 2 N–H and O–H groups in total. The lowest BCUT2D eigenvalue weighted by Crippen LogP contribution is -2.03. The monoisotopic (exact) mass is 230 g/mol. The van der Waals surface area contributed by atoms with Crippen LogP contribution in [0.25, 0.3) is 10.8 Å². The molecule has 0 aliphatic carbocycles. The first-order valence-corrected chi connectivity index (χ1v) is 5.00. The van der Waals surface area contributed by atoms with Gasteiger partial charge in [0.1, 0.15) is 0 Å². The molecule has 4 nitrogen and oxygen atoms in total. The van der Waals surface area contributed by atoms with Gasteiger partial charge in [0.2, 0.25) is 0 Å². The third-order valence-corrected chi connectivity index (χ3v) is 2.63. The SMILES string of the molecule is Cc1ccc2c(C(=O)O)ccc(C(=O)O)c2c1. The average Bonchev–Trinajstić information content (AvgIpc) is 2.26. The van der Waals surface area contributed by atoms with Crippen LogP contribution in [0, 0.1) is 6.92 Å². The highest BCUT2D eigenvalue weighted by Crippen LogP contribution is 2.24. The van der Waals surface area contributed by atoms with E-state index >= 15 is 0 Å². The standard InChI is InChI=1S/C13H10O4/c1-7-2-3-8-9(12(14)15)4-5-10(13(16)17)11(8)6-7/h2-6H,1H3,(H,14,15)(H,16,17). The molecule has 2 rings (SSSR count). The van der Waals surface area contributed by atoms with E-state index in [9.17, 15) is 9.59 Å². The molecule has 17 heavy (non-hydrogen) atoms. The van der Waals surface area contributed by atoms with Crippen LogP contribution in [0.5, 0.6) is 0 Å². The highest BCUT2D eigenvalue weighted by molar-refractivity contribution is 6.11. The van der Waals surface area contributed by atoms with Crippen LogP contribution >= 0.6 is 0 Å². The zero-order valence-electron chi connectivity index (χ0n) is 9.10. The summed E-state index contributed by atoms with van der Waals surface area (Å²) in [7, 11) is 0. The van der Waals surface area contributed by atoms with E-state index < -0.39 is 11.9 Å². The van der Waals surface area contributed by atoms with Gasteiger partial charge in [-0.05, 0) is 29.8 Å². The Morgan fingerprint density at radius 3 is 1.94 bits per heavy atom. The molecule has 0 saturated heterocycles. The van der Waals surface area contributed by atoms with Crippen molar-refractivity contribution in [3.8, 4) is 0 Å². The summed E-state index contributed by atoms with van der Waals surface area (Å²) < 4.78 is 0. The number of hydrogen-bond donors (Lipinski definition) is 2. The topological polar surface area (TPSA) is 74.6 Å². The second-order valence-electron chi connectivity index (χ2n) is 3.82. The van der Waals surface area contributed by atoms with E-state index in [1.807, 2.05) is 6.92 Å². The van der Waals surface area contributed by atoms with Gasteiger partial charge in [0.25, 0.3) is 0 Å². The lowest BCUT2D eigenvalue weighted by atomic mass is 9.98. The Balaban J connectivity index is 2.90. The maximum absolute atomic E-state index is 11.1. The van der Waals surface area contributed by atoms with Crippen LogP contribution in [0.1, 0.15) is 26.3 Å². The molecule has 0 unspecified atom stereocenters. The smallest absolute Gasteiger partial charge is 0.336 e. The summed E-state index contributed by atoms with van der Waals surface area (Å²) >= 11 is 0.